The number of carboxylic acids is 1. The maximum atomic E-state index is 12.1. The zero-order valence-corrected chi connectivity index (χ0v) is 15.5. The van der Waals surface area contributed by atoms with Crippen LogP contribution in [0, 0.1) is 11.8 Å². The van der Waals surface area contributed by atoms with Crippen LogP contribution < -0.4 is 15.8 Å². The molecule has 1 heterocycles. The van der Waals surface area contributed by atoms with Gasteiger partial charge in [-0.15, -0.1) is 0 Å². The van der Waals surface area contributed by atoms with E-state index >= 15 is 0 Å². The molecule has 148 valence electrons. The molecular formula is C20H28N2O5. The molecule has 1 aromatic rings. The highest BCUT2D eigenvalue weighted by molar-refractivity contribution is 5.81. The highest BCUT2D eigenvalue weighted by Crippen LogP contribution is 2.29. The Kier molecular flexibility index (Phi) is 8.26. The maximum absolute atomic E-state index is 12.1. The zero-order valence-electron chi connectivity index (χ0n) is 15.5. The largest absolute Gasteiger partial charge is 0.481 e. The quantitative estimate of drug-likeness (QED) is 0.396. The fourth-order valence-corrected chi connectivity index (χ4v) is 3.04. The number of hydrogen-bond acceptors (Lipinski definition) is 5. The van der Waals surface area contributed by atoms with E-state index in [0.29, 0.717) is 24.6 Å². The number of β-lactam (4-membered cyclic amide) rings is 1. The lowest BCUT2D eigenvalue weighted by atomic mass is 9.82. The van der Waals surface area contributed by atoms with Crippen LogP contribution in [0.25, 0.3) is 0 Å². The molecule has 27 heavy (non-hydrogen) atoms. The van der Waals surface area contributed by atoms with Gasteiger partial charge in [0.25, 0.3) is 0 Å². The first-order chi connectivity index (χ1) is 13.0. The Morgan fingerprint density at radius 1 is 1.15 bits per heavy atom. The number of rotatable bonds is 6. The van der Waals surface area contributed by atoms with Crippen LogP contribution in [0.4, 0.5) is 0 Å². The number of nitrogens with one attached hydrogen (secondary N) is 1. The van der Waals surface area contributed by atoms with Crippen molar-refractivity contribution in [1.29, 1.82) is 0 Å². The zero-order chi connectivity index (χ0) is 19.6. The predicted octanol–water partition coefficient (Wildman–Crippen LogP) is 1.88. The van der Waals surface area contributed by atoms with Gasteiger partial charge in [0.2, 0.25) is 5.91 Å². The van der Waals surface area contributed by atoms with Crippen LogP contribution in [0.15, 0.2) is 24.3 Å². The van der Waals surface area contributed by atoms with Crippen molar-refractivity contribution in [3.63, 3.8) is 0 Å². The van der Waals surface area contributed by atoms with Gasteiger partial charge in [0.05, 0.1) is 5.92 Å². The molecule has 1 amide bonds. The molecule has 3 rings (SSSR count). The number of ether oxygens (including phenoxy) is 1. The molecule has 0 spiro atoms. The summed E-state index contributed by atoms with van der Waals surface area (Å²) in [5, 5.41) is 11.2. The third-order valence-corrected chi connectivity index (χ3v) is 4.96. The van der Waals surface area contributed by atoms with Crippen LogP contribution in [0.2, 0.25) is 0 Å². The maximum Gasteiger partial charge on any atom is 0.314 e. The molecular weight excluding hydrogens is 348 g/mol. The molecule has 0 radical (unpaired) electrons. The number of hydrogen-bond donors (Lipinski definition) is 3. The minimum atomic E-state index is -0.816. The standard InChI is InChI=1S/C17H23NO4.C3H5NO/c18-11-13-1-6-14(7-2-13)17(21)22-15-8-3-12(4-9-15)5-10-16(19)20;5-3-1-2-4-3/h3-4,8-9,13-14H,1-2,5-7,10-11,18H2,(H,19,20);1-2H2,(H,4,5). The molecule has 1 aromatic carbocycles. The fourth-order valence-electron chi connectivity index (χ4n) is 3.04. The van der Waals surface area contributed by atoms with Gasteiger partial charge in [-0.2, -0.15) is 0 Å². The van der Waals surface area contributed by atoms with Crippen molar-refractivity contribution >= 4 is 17.8 Å². The first kappa shape index (κ1) is 20.9. The number of carbonyl (C=O) groups is 3. The molecule has 2 fully saturated rings. The van der Waals surface area contributed by atoms with Crippen molar-refractivity contribution in [2.24, 2.45) is 17.6 Å². The Balaban J connectivity index is 0.000000451. The van der Waals surface area contributed by atoms with E-state index in [1.807, 2.05) is 0 Å². The highest BCUT2D eigenvalue weighted by Gasteiger charge is 2.27. The number of aryl methyl sites for hydroxylation is 1. The molecule has 0 aromatic heterocycles. The van der Waals surface area contributed by atoms with E-state index in [1.165, 1.54) is 0 Å². The first-order valence-corrected chi connectivity index (χ1v) is 9.47. The van der Waals surface area contributed by atoms with E-state index in [1.54, 1.807) is 24.3 Å². The van der Waals surface area contributed by atoms with Gasteiger partial charge >= 0.3 is 11.9 Å². The summed E-state index contributed by atoms with van der Waals surface area (Å²) in [6.45, 7) is 1.58. The van der Waals surface area contributed by atoms with Crippen LogP contribution in [-0.2, 0) is 20.8 Å². The highest BCUT2D eigenvalue weighted by atomic mass is 16.5. The third kappa shape index (κ3) is 7.38. The van der Waals surface area contributed by atoms with E-state index in [0.717, 1.165) is 44.2 Å². The second-order valence-corrected chi connectivity index (χ2v) is 7.01. The second-order valence-electron chi connectivity index (χ2n) is 7.01. The summed E-state index contributed by atoms with van der Waals surface area (Å²) in [5.74, 6) is 0.222. The normalized spacial score (nSPS) is 21.1. The topological polar surface area (TPSA) is 119 Å². The fraction of sp³-hybridized carbons (Fsp3) is 0.550. The molecule has 1 saturated heterocycles. The number of carboxylic acid groups (broad SMARTS) is 1. The van der Waals surface area contributed by atoms with Crippen molar-refractivity contribution in [2.75, 3.05) is 13.1 Å². The molecule has 7 heteroatoms. The second kappa shape index (κ2) is 10.7. The van der Waals surface area contributed by atoms with Crippen molar-refractivity contribution in [3.8, 4) is 5.75 Å². The molecule has 0 bridgehead atoms. The van der Waals surface area contributed by atoms with Crippen molar-refractivity contribution in [2.45, 2.75) is 44.9 Å². The number of esters is 1. The molecule has 0 atom stereocenters. The van der Waals surface area contributed by atoms with Gasteiger partial charge in [0.1, 0.15) is 5.75 Å². The van der Waals surface area contributed by atoms with Crippen molar-refractivity contribution in [1.82, 2.24) is 5.32 Å². The van der Waals surface area contributed by atoms with Gasteiger partial charge in [0.15, 0.2) is 0 Å². The lowest BCUT2D eigenvalue weighted by Gasteiger charge is -2.26. The Hall–Kier alpha value is -2.41. The van der Waals surface area contributed by atoms with Crippen LogP contribution in [0.1, 0.15) is 44.1 Å². The van der Waals surface area contributed by atoms with E-state index in [2.05, 4.69) is 5.32 Å². The van der Waals surface area contributed by atoms with Gasteiger partial charge in [0, 0.05) is 19.4 Å². The van der Waals surface area contributed by atoms with Gasteiger partial charge < -0.3 is 20.9 Å². The van der Waals surface area contributed by atoms with Gasteiger partial charge in [-0.25, -0.2) is 0 Å². The van der Waals surface area contributed by atoms with E-state index in [4.69, 9.17) is 15.6 Å². The average molecular weight is 376 g/mol. The monoisotopic (exact) mass is 376 g/mol. The minimum absolute atomic E-state index is 0.0329. The van der Waals surface area contributed by atoms with Gasteiger partial charge in [-0.1, -0.05) is 12.1 Å². The summed E-state index contributed by atoms with van der Waals surface area (Å²) in [6, 6.07) is 7.05. The summed E-state index contributed by atoms with van der Waals surface area (Å²) in [6.07, 6.45) is 4.99. The Bertz CT molecular complexity index is 630. The summed E-state index contributed by atoms with van der Waals surface area (Å²) in [7, 11) is 0. The van der Waals surface area contributed by atoms with E-state index in [9.17, 15) is 14.4 Å². The number of aliphatic carboxylic acids is 1. The van der Waals surface area contributed by atoms with Crippen molar-refractivity contribution in [3.05, 3.63) is 29.8 Å². The van der Waals surface area contributed by atoms with Crippen LogP contribution in [0.5, 0.6) is 5.75 Å². The van der Waals surface area contributed by atoms with Crippen molar-refractivity contribution < 1.29 is 24.2 Å². The summed E-state index contributed by atoms with van der Waals surface area (Å²) in [5.41, 5.74) is 6.57. The number of benzene rings is 1. The smallest absolute Gasteiger partial charge is 0.314 e. The van der Waals surface area contributed by atoms with Gasteiger partial charge in [-0.05, 0) is 62.3 Å². The lowest BCUT2D eigenvalue weighted by Crippen LogP contribution is -2.37. The van der Waals surface area contributed by atoms with Gasteiger partial charge in [-0.3, -0.25) is 14.4 Å². The Labute approximate surface area is 159 Å². The SMILES string of the molecule is NCC1CCC(C(=O)Oc2ccc(CCC(=O)O)cc2)CC1.O=C1CCN1. The number of amides is 1. The Morgan fingerprint density at radius 2 is 1.74 bits per heavy atom. The Morgan fingerprint density at radius 3 is 2.19 bits per heavy atom. The average Bonchev–Trinajstić information content (AvgIpc) is 2.66. The summed E-state index contributed by atoms with van der Waals surface area (Å²) in [4.78, 5) is 32.4. The number of carbonyl (C=O) groups excluding carboxylic acids is 2. The minimum Gasteiger partial charge on any atom is -0.481 e. The number of nitrogens with two attached hydrogens (primary N) is 1. The third-order valence-electron chi connectivity index (χ3n) is 4.96. The van der Waals surface area contributed by atoms with Crippen LogP contribution >= 0.6 is 0 Å². The van der Waals surface area contributed by atoms with Crippen LogP contribution in [0.3, 0.4) is 0 Å². The molecule has 4 N–H and O–H groups in total. The van der Waals surface area contributed by atoms with Crippen LogP contribution in [-0.4, -0.2) is 36.0 Å². The first-order valence-electron chi connectivity index (χ1n) is 9.47. The predicted molar refractivity (Wildman–Crippen MR) is 100 cm³/mol. The molecule has 1 aliphatic heterocycles. The lowest BCUT2D eigenvalue weighted by molar-refractivity contribution is -0.140. The molecule has 1 aliphatic carbocycles. The summed E-state index contributed by atoms with van der Waals surface area (Å²) >= 11 is 0. The summed E-state index contributed by atoms with van der Waals surface area (Å²) < 4.78 is 5.42. The molecule has 0 unspecified atom stereocenters. The molecule has 2 aliphatic rings. The van der Waals surface area contributed by atoms with E-state index < -0.39 is 5.97 Å². The van der Waals surface area contributed by atoms with E-state index in [-0.39, 0.29) is 24.2 Å². The molecule has 7 nitrogen and oxygen atoms in total. The molecule has 1 saturated carbocycles.